The molecule has 1 saturated heterocycles. The first-order chi connectivity index (χ1) is 11.7. The largest absolute Gasteiger partial charge is 0.490 e. The molecule has 2 atom stereocenters. The highest BCUT2D eigenvalue weighted by Gasteiger charge is 2.31. The Labute approximate surface area is 149 Å². The van der Waals surface area contributed by atoms with Gasteiger partial charge in [0.2, 0.25) is 0 Å². The van der Waals surface area contributed by atoms with E-state index in [0.717, 1.165) is 25.1 Å². The van der Waals surface area contributed by atoms with E-state index < -0.39 is 0 Å². The van der Waals surface area contributed by atoms with Gasteiger partial charge >= 0.3 is 0 Å². The van der Waals surface area contributed by atoms with Crippen molar-refractivity contribution >= 4 is 17.4 Å². The number of para-hydroxylation sites is 1. The second-order valence-electron chi connectivity index (χ2n) is 6.16. The van der Waals surface area contributed by atoms with Crippen molar-refractivity contribution < 1.29 is 9.47 Å². The number of hydrogen-bond donors (Lipinski definition) is 0. The summed E-state index contributed by atoms with van der Waals surface area (Å²) in [5.41, 5.74) is 1.36. The number of ether oxygens (including phenoxy) is 2. The summed E-state index contributed by atoms with van der Waals surface area (Å²) in [5.74, 6) is 0.864. The lowest BCUT2D eigenvalue weighted by Gasteiger charge is -2.23. The fraction of sp³-hybridized carbons (Fsp3) is 0.350. The zero-order valence-corrected chi connectivity index (χ0v) is 14.7. The molecule has 1 heterocycles. The Morgan fingerprint density at radius 2 is 1.79 bits per heavy atom. The molecule has 0 saturated carbocycles. The summed E-state index contributed by atoms with van der Waals surface area (Å²) in [6.45, 7) is 3.52. The summed E-state index contributed by atoms with van der Waals surface area (Å²) in [7, 11) is 0. The summed E-state index contributed by atoms with van der Waals surface area (Å²) >= 11 is 5.40. The second-order valence-corrected chi connectivity index (χ2v) is 6.50. The molecule has 2 aromatic rings. The maximum Gasteiger partial charge on any atom is 0.260 e. The van der Waals surface area contributed by atoms with Crippen molar-refractivity contribution in [3.8, 4) is 5.75 Å². The number of rotatable bonds is 7. The first-order valence-electron chi connectivity index (χ1n) is 8.41. The Balaban J connectivity index is 1.47. The fourth-order valence-electron chi connectivity index (χ4n) is 2.87. The van der Waals surface area contributed by atoms with Gasteiger partial charge in [0.15, 0.2) is 6.10 Å². The van der Waals surface area contributed by atoms with Gasteiger partial charge in [0.25, 0.3) is 5.17 Å². The second kappa shape index (κ2) is 8.15. The summed E-state index contributed by atoms with van der Waals surface area (Å²) in [6.07, 6.45) is 2.10. The molecule has 4 heteroatoms. The predicted octanol–water partition coefficient (Wildman–Crippen LogP) is 4.07. The van der Waals surface area contributed by atoms with E-state index in [4.69, 9.17) is 21.7 Å². The standard InChI is InChI=1S/C20H23NO2S/c1-16(12-13-17-8-4-2-5-9-17)21-14-19(23-20(21)24)15-22-18-10-6-3-7-11-18/h2-11,16,19H,12-15H2,1H3. The molecule has 3 rings (SSSR count). The fourth-order valence-corrected chi connectivity index (χ4v) is 3.26. The summed E-state index contributed by atoms with van der Waals surface area (Å²) < 4.78 is 11.6. The Morgan fingerprint density at radius 1 is 1.12 bits per heavy atom. The molecule has 2 unspecified atom stereocenters. The zero-order chi connectivity index (χ0) is 16.8. The normalized spacial score (nSPS) is 18.3. The van der Waals surface area contributed by atoms with Crippen LogP contribution in [-0.2, 0) is 11.2 Å². The van der Waals surface area contributed by atoms with Crippen LogP contribution in [-0.4, -0.2) is 35.4 Å². The van der Waals surface area contributed by atoms with E-state index in [2.05, 4.69) is 36.1 Å². The van der Waals surface area contributed by atoms with Gasteiger partial charge in [0.05, 0.1) is 6.54 Å². The Morgan fingerprint density at radius 3 is 2.50 bits per heavy atom. The number of aryl methyl sites for hydroxylation is 1. The average Bonchev–Trinajstić information content (AvgIpc) is 3.00. The van der Waals surface area contributed by atoms with Gasteiger partial charge in [-0.25, -0.2) is 0 Å². The Hall–Kier alpha value is -2.07. The van der Waals surface area contributed by atoms with Gasteiger partial charge < -0.3 is 14.4 Å². The quantitative estimate of drug-likeness (QED) is 0.708. The van der Waals surface area contributed by atoms with Gasteiger partial charge in [0, 0.05) is 6.04 Å². The van der Waals surface area contributed by atoms with Crippen molar-refractivity contribution in [2.45, 2.75) is 31.9 Å². The Kier molecular flexibility index (Phi) is 5.70. The number of nitrogens with zero attached hydrogens (tertiary/aromatic N) is 1. The van der Waals surface area contributed by atoms with Crippen molar-refractivity contribution in [2.75, 3.05) is 13.2 Å². The highest BCUT2D eigenvalue weighted by atomic mass is 32.1. The first kappa shape index (κ1) is 16.8. The van der Waals surface area contributed by atoms with Gasteiger partial charge in [-0.1, -0.05) is 48.5 Å². The number of thiocarbonyl (C=S) groups is 1. The lowest BCUT2D eigenvalue weighted by molar-refractivity contribution is 0.147. The van der Waals surface area contributed by atoms with E-state index in [-0.39, 0.29) is 6.10 Å². The van der Waals surface area contributed by atoms with Crippen LogP contribution in [0.1, 0.15) is 18.9 Å². The molecule has 2 aromatic carbocycles. The van der Waals surface area contributed by atoms with E-state index in [1.54, 1.807) is 0 Å². The third kappa shape index (κ3) is 4.48. The van der Waals surface area contributed by atoms with Crippen LogP contribution in [0.4, 0.5) is 0 Å². The molecule has 3 nitrogen and oxygen atoms in total. The maximum atomic E-state index is 5.80. The molecule has 126 valence electrons. The minimum Gasteiger partial charge on any atom is -0.490 e. The molecule has 1 fully saturated rings. The smallest absolute Gasteiger partial charge is 0.260 e. The van der Waals surface area contributed by atoms with Gasteiger partial charge in [-0.3, -0.25) is 0 Å². The van der Waals surface area contributed by atoms with E-state index >= 15 is 0 Å². The minimum absolute atomic E-state index is 0.00289. The molecule has 0 aliphatic carbocycles. The molecule has 0 bridgehead atoms. The van der Waals surface area contributed by atoms with Gasteiger partial charge in [0.1, 0.15) is 12.4 Å². The molecular formula is C20H23NO2S. The van der Waals surface area contributed by atoms with Crippen molar-refractivity contribution in [1.82, 2.24) is 4.90 Å². The molecule has 0 aromatic heterocycles. The molecule has 0 spiro atoms. The lowest BCUT2D eigenvalue weighted by atomic mass is 10.1. The molecule has 0 radical (unpaired) electrons. The molecule has 1 aliphatic rings. The predicted molar refractivity (Wildman–Crippen MR) is 100 cm³/mol. The van der Waals surface area contributed by atoms with Crippen LogP contribution in [0.2, 0.25) is 0 Å². The van der Waals surface area contributed by atoms with Crippen LogP contribution in [0, 0.1) is 0 Å². The number of hydrogen-bond acceptors (Lipinski definition) is 3. The lowest BCUT2D eigenvalue weighted by Crippen LogP contribution is -2.35. The number of benzene rings is 2. The molecule has 0 N–H and O–H groups in total. The van der Waals surface area contributed by atoms with E-state index in [0.29, 0.717) is 17.8 Å². The highest BCUT2D eigenvalue weighted by Crippen LogP contribution is 2.19. The van der Waals surface area contributed by atoms with Gasteiger partial charge in [-0.05, 0) is 49.7 Å². The van der Waals surface area contributed by atoms with E-state index in [1.807, 2.05) is 36.4 Å². The third-order valence-electron chi connectivity index (χ3n) is 4.31. The van der Waals surface area contributed by atoms with Crippen molar-refractivity contribution in [1.29, 1.82) is 0 Å². The SMILES string of the molecule is CC(CCc1ccccc1)N1CC(COc2ccccc2)OC1=S. The third-order valence-corrected chi connectivity index (χ3v) is 4.64. The van der Waals surface area contributed by atoms with Crippen LogP contribution in [0.15, 0.2) is 60.7 Å². The van der Waals surface area contributed by atoms with E-state index in [9.17, 15) is 0 Å². The highest BCUT2D eigenvalue weighted by molar-refractivity contribution is 7.80. The summed E-state index contributed by atoms with van der Waals surface area (Å²) in [5, 5.41) is 0.595. The molecule has 0 amide bonds. The van der Waals surface area contributed by atoms with Crippen LogP contribution < -0.4 is 4.74 Å². The zero-order valence-electron chi connectivity index (χ0n) is 13.9. The van der Waals surface area contributed by atoms with Crippen molar-refractivity contribution in [3.05, 3.63) is 66.2 Å². The topological polar surface area (TPSA) is 21.7 Å². The minimum atomic E-state index is -0.00289. The molecule has 24 heavy (non-hydrogen) atoms. The summed E-state index contributed by atoms with van der Waals surface area (Å²) in [4.78, 5) is 2.18. The monoisotopic (exact) mass is 341 g/mol. The Bertz CT molecular complexity index is 647. The molecule has 1 aliphatic heterocycles. The van der Waals surface area contributed by atoms with E-state index in [1.165, 1.54) is 5.56 Å². The van der Waals surface area contributed by atoms with Crippen molar-refractivity contribution in [2.24, 2.45) is 0 Å². The van der Waals surface area contributed by atoms with Crippen LogP contribution in [0.5, 0.6) is 5.75 Å². The van der Waals surface area contributed by atoms with Crippen LogP contribution in [0.25, 0.3) is 0 Å². The maximum absolute atomic E-state index is 5.80. The van der Waals surface area contributed by atoms with Crippen LogP contribution >= 0.6 is 12.2 Å². The summed E-state index contributed by atoms with van der Waals surface area (Å²) in [6, 6.07) is 20.7. The van der Waals surface area contributed by atoms with Crippen LogP contribution in [0.3, 0.4) is 0 Å². The van der Waals surface area contributed by atoms with Gasteiger partial charge in [-0.15, -0.1) is 0 Å². The van der Waals surface area contributed by atoms with Gasteiger partial charge in [-0.2, -0.15) is 0 Å². The van der Waals surface area contributed by atoms with Crippen molar-refractivity contribution in [3.63, 3.8) is 0 Å². The average molecular weight is 341 g/mol. The first-order valence-corrected chi connectivity index (χ1v) is 8.82. The molecular weight excluding hydrogens is 318 g/mol.